The highest BCUT2D eigenvalue weighted by atomic mass is 16.5. The molecule has 5 nitrogen and oxygen atoms in total. The van der Waals surface area contributed by atoms with Crippen LogP contribution in [0.25, 0.3) is 0 Å². The minimum Gasteiger partial charge on any atom is -0.493 e. The zero-order valence-electron chi connectivity index (χ0n) is 10.5. The molecule has 0 saturated heterocycles. The number of ether oxygens (including phenoxy) is 1. The summed E-state index contributed by atoms with van der Waals surface area (Å²) in [5, 5.41) is 11.6. The molecule has 0 amide bonds. The third-order valence-corrected chi connectivity index (χ3v) is 2.23. The highest BCUT2D eigenvalue weighted by Crippen LogP contribution is 2.16. The quantitative estimate of drug-likeness (QED) is 0.758. The van der Waals surface area contributed by atoms with E-state index in [1.807, 2.05) is 24.3 Å². The topological polar surface area (TPSA) is 52.3 Å². The molecule has 1 aromatic heterocycles. The van der Waals surface area contributed by atoms with Crippen molar-refractivity contribution >= 4 is 6.21 Å². The Bertz CT molecular complexity index is 505. The Labute approximate surface area is 106 Å². The Kier molecular flexibility index (Phi) is 4.06. The summed E-state index contributed by atoms with van der Waals surface area (Å²) < 4.78 is 7.28. The van der Waals surface area contributed by atoms with Crippen LogP contribution in [0.1, 0.15) is 19.4 Å². The highest BCUT2D eigenvalue weighted by Gasteiger charge is 2.01. The summed E-state index contributed by atoms with van der Waals surface area (Å²) in [6.45, 7) is 4.93. The minimum atomic E-state index is 0.493. The van der Waals surface area contributed by atoms with Crippen molar-refractivity contribution in [1.29, 1.82) is 0 Å². The standard InChI is InChI=1S/C13H16N4O/c1-11(2)8-18-13-6-4-3-5-12(13)7-16-17-9-14-15-10-17/h3-7,9-11H,8H2,1-2H3/b16-7+. The third kappa shape index (κ3) is 3.41. The van der Waals surface area contributed by atoms with Crippen LogP contribution in [-0.4, -0.2) is 27.7 Å². The smallest absolute Gasteiger partial charge is 0.141 e. The molecule has 2 rings (SSSR count). The first kappa shape index (κ1) is 12.3. The molecule has 0 atom stereocenters. The summed E-state index contributed by atoms with van der Waals surface area (Å²) >= 11 is 0. The third-order valence-electron chi connectivity index (χ3n) is 2.23. The second kappa shape index (κ2) is 5.95. The molecular formula is C13H16N4O. The number of benzene rings is 1. The van der Waals surface area contributed by atoms with Crippen molar-refractivity contribution in [2.75, 3.05) is 6.61 Å². The predicted molar refractivity (Wildman–Crippen MR) is 69.8 cm³/mol. The van der Waals surface area contributed by atoms with Crippen LogP contribution in [0, 0.1) is 5.92 Å². The lowest BCUT2D eigenvalue weighted by Gasteiger charge is -2.10. The number of nitrogens with zero attached hydrogens (tertiary/aromatic N) is 4. The zero-order chi connectivity index (χ0) is 12.8. The molecule has 0 spiro atoms. The summed E-state index contributed by atoms with van der Waals surface area (Å²) in [6, 6.07) is 7.81. The van der Waals surface area contributed by atoms with E-state index in [9.17, 15) is 0 Å². The van der Waals surface area contributed by atoms with Gasteiger partial charge in [-0.1, -0.05) is 26.0 Å². The van der Waals surface area contributed by atoms with E-state index in [1.165, 1.54) is 12.7 Å². The van der Waals surface area contributed by atoms with Gasteiger partial charge >= 0.3 is 0 Å². The van der Waals surface area contributed by atoms with E-state index in [-0.39, 0.29) is 0 Å². The van der Waals surface area contributed by atoms with Crippen molar-refractivity contribution in [3.63, 3.8) is 0 Å². The molecule has 0 aliphatic heterocycles. The fourth-order valence-electron chi connectivity index (χ4n) is 1.36. The minimum absolute atomic E-state index is 0.493. The first-order chi connectivity index (χ1) is 8.75. The average molecular weight is 244 g/mol. The maximum atomic E-state index is 5.74. The number of para-hydroxylation sites is 1. The number of aromatic nitrogens is 3. The van der Waals surface area contributed by atoms with Gasteiger partial charge in [-0.2, -0.15) is 5.10 Å². The molecule has 94 valence electrons. The van der Waals surface area contributed by atoms with Gasteiger partial charge in [-0.05, 0) is 18.1 Å². The van der Waals surface area contributed by atoms with Gasteiger partial charge < -0.3 is 4.74 Å². The molecule has 1 aromatic carbocycles. The second-order valence-electron chi connectivity index (χ2n) is 4.33. The van der Waals surface area contributed by atoms with E-state index in [1.54, 1.807) is 10.9 Å². The first-order valence-electron chi connectivity index (χ1n) is 5.86. The molecule has 0 N–H and O–H groups in total. The zero-order valence-corrected chi connectivity index (χ0v) is 10.5. The van der Waals surface area contributed by atoms with E-state index in [0.29, 0.717) is 12.5 Å². The number of hydrogen-bond donors (Lipinski definition) is 0. The van der Waals surface area contributed by atoms with E-state index < -0.39 is 0 Å². The molecule has 0 aliphatic carbocycles. The van der Waals surface area contributed by atoms with E-state index in [4.69, 9.17) is 4.74 Å². The van der Waals surface area contributed by atoms with Gasteiger partial charge in [-0.15, -0.1) is 10.2 Å². The van der Waals surface area contributed by atoms with Gasteiger partial charge in [0, 0.05) is 5.56 Å². The van der Waals surface area contributed by atoms with Crippen molar-refractivity contribution < 1.29 is 4.74 Å². The van der Waals surface area contributed by atoms with E-state index in [2.05, 4.69) is 29.1 Å². The summed E-state index contributed by atoms with van der Waals surface area (Å²) in [5.41, 5.74) is 0.937. The largest absolute Gasteiger partial charge is 0.493 e. The average Bonchev–Trinajstić information content (AvgIpc) is 2.88. The molecule has 2 aromatic rings. The lowest BCUT2D eigenvalue weighted by Crippen LogP contribution is -2.06. The molecule has 1 heterocycles. The summed E-state index contributed by atoms with van der Waals surface area (Å²) in [7, 11) is 0. The Morgan fingerprint density at radius 1 is 1.28 bits per heavy atom. The lowest BCUT2D eigenvalue weighted by molar-refractivity contribution is 0.270. The van der Waals surface area contributed by atoms with Crippen molar-refractivity contribution in [3.05, 3.63) is 42.5 Å². The monoisotopic (exact) mass is 244 g/mol. The van der Waals surface area contributed by atoms with Crippen molar-refractivity contribution in [1.82, 2.24) is 14.9 Å². The van der Waals surface area contributed by atoms with E-state index >= 15 is 0 Å². The SMILES string of the molecule is CC(C)COc1ccccc1/C=N/n1cnnc1. The van der Waals surface area contributed by atoms with Gasteiger partial charge in [0.15, 0.2) is 0 Å². The maximum Gasteiger partial charge on any atom is 0.141 e. The number of rotatable bonds is 5. The van der Waals surface area contributed by atoms with Crippen LogP contribution in [0.3, 0.4) is 0 Å². The Morgan fingerprint density at radius 2 is 2.00 bits per heavy atom. The molecular weight excluding hydrogens is 228 g/mol. The van der Waals surface area contributed by atoms with Gasteiger partial charge in [0.05, 0.1) is 12.8 Å². The Morgan fingerprint density at radius 3 is 2.72 bits per heavy atom. The van der Waals surface area contributed by atoms with Crippen LogP contribution in [0.2, 0.25) is 0 Å². The molecule has 0 unspecified atom stereocenters. The Hall–Kier alpha value is -2.17. The van der Waals surface area contributed by atoms with Gasteiger partial charge in [-0.3, -0.25) is 0 Å². The molecule has 5 heteroatoms. The van der Waals surface area contributed by atoms with Gasteiger partial charge in [0.2, 0.25) is 0 Å². The van der Waals surface area contributed by atoms with Crippen molar-refractivity contribution in [3.8, 4) is 5.75 Å². The lowest BCUT2D eigenvalue weighted by atomic mass is 10.2. The van der Waals surface area contributed by atoms with Crippen LogP contribution in [-0.2, 0) is 0 Å². The fraction of sp³-hybridized carbons (Fsp3) is 0.308. The van der Waals surface area contributed by atoms with Crippen LogP contribution >= 0.6 is 0 Å². The van der Waals surface area contributed by atoms with Crippen LogP contribution in [0.5, 0.6) is 5.75 Å². The van der Waals surface area contributed by atoms with Gasteiger partial charge in [0.25, 0.3) is 0 Å². The fourth-order valence-corrected chi connectivity index (χ4v) is 1.36. The normalized spacial score (nSPS) is 11.3. The summed E-state index contributed by atoms with van der Waals surface area (Å²) in [6.07, 6.45) is 4.81. The summed E-state index contributed by atoms with van der Waals surface area (Å²) in [5.74, 6) is 1.33. The Balaban J connectivity index is 2.12. The molecule has 0 radical (unpaired) electrons. The van der Waals surface area contributed by atoms with Crippen molar-refractivity contribution in [2.45, 2.75) is 13.8 Å². The number of hydrogen-bond acceptors (Lipinski definition) is 4. The van der Waals surface area contributed by atoms with Crippen LogP contribution in [0.4, 0.5) is 0 Å². The summed E-state index contributed by atoms with van der Waals surface area (Å²) in [4.78, 5) is 0. The van der Waals surface area contributed by atoms with Gasteiger partial charge in [0.1, 0.15) is 18.4 Å². The van der Waals surface area contributed by atoms with Gasteiger partial charge in [-0.25, -0.2) is 4.68 Å². The molecule has 0 bridgehead atoms. The van der Waals surface area contributed by atoms with E-state index in [0.717, 1.165) is 11.3 Å². The van der Waals surface area contributed by atoms with Crippen LogP contribution in [0.15, 0.2) is 42.0 Å². The molecule has 0 aliphatic rings. The molecule has 18 heavy (non-hydrogen) atoms. The van der Waals surface area contributed by atoms with Crippen molar-refractivity contribution in [2.24, 2.45) is 11.0 Å². The maximum absolute atomic E-state index is 5.74. The molecule has 0 fully saturated rings. The first-order valence-corrected chi connectivity index (χ1v) is 5.86. The van der Waals surface area contributed by atoms with Crippen LogP contribution < -0.4 is 4.74 Å². The highest BCUT2D eigenvalue weighted by molar-refractivity contribution is 5.83. The molecule has 0 saturated carbocycles. The predicted octanol–water partition coefficient (Wildman–Crippen LogP) is 2.20. The second-order valence-corrected chi connectivity index (χ2v) is 4.33.